The highest BCUT2D eigenvalue weighted by Crippen LogP contribution is 2.26. The van der Waals surface area contributed by atoms with Crippen LogP contribution in [0.4, 0.5) is 5.69 Å². The van der Waals surface area contributed by atoms with Crippen LogP contribution in [0, 0.1) is 0 Å². The van der Waals surface area contributed by atoms with Gasteiger partial charge in [0, 0.05) is 30.9 Å². The topological polar surface area (TPSA) is 115 Å². The van der Waals surface area contributed by atoms with Crippen LogP contribution in [0.5, 0.6) is 0 Å². The molecule has 0 radical (unpaired) electrons. The van der Waals surface area contributed by atoms with Crippen LogP contribution in [0.15, 0.2) is 71.8 Å². The molecule has 2 aromatic heterocycles. The lowest BCUT2D eigenvalue weighted by molar-refractivity contribution is 0.102. The lowest BCUT2D eigenvalue weighted by atomic mass is 10.1. The maximum atomic E-state index is 13.3. The lowest BCUT2D eigenvalue weighted by Gasteiger charge is -2.14. The maximum Gasteiger partial charge on any atom is 0.256 e. The molecule has 0 bridgehead atoms. The zero-order valence-corrected chi connectivity index (χ0v) is 20.5. The van der Waals surface area contributed by atoms with Gasteiger partial charge in [0.25, 0.3) is 5.91 Å². The first-order valence-electron chi connectivity index (χ1n) is 11.2. The fraction of sp³-hybridized carbons (Fsp3) is 0.240. The molecule has 0 aliphatic rings. The van der Waals surface area contributed by atoms with Crippen molar-refractivity contribution in [2.75, 3.05) is 19.0 Å². The summed E-state index contributed by atoms with van der Waals surface area (Å²) in [5.41, 5.74) is 3.07. The van der Waals surface area contributed by atoms with E-state index in [4.69, 9.17) is 9.72 Å². The number of hydrogen-bond acceptors (Lipinski definition) is 6. The van der Waals surface area contributed by atoms with E-state index in [9.17, 15) is 13.2 Å². The SMILES string of the molecule is CCn1ncc2c(C(=O)Nc3ccc(S(=O)(=O)NC(C)COC)cc3)cc(-c3ccccc3)nc21. The van der Waals surface area contributed by atoms with Crippen molar-refractivity contribution < 1.29 is 17.9 Å². The van der Waals surface area contributed by atoms with Crippen LogP contribution in [0.25, 0.3) is 22.3 Å². The van der Waals surface area contributed by atoms with Gasteiger partial charge in [-0.2, -0.15) is 5.10 Å². The monoisotopic (exact) mass is 493 g/mol. The Morgan fingerprint density at radius 3 is 2.49 bits per heavy atom. The number of nitrogens with zero attached hydrogens (tertiary/aromatic N) is 3. The van der Waals surface area contributed by atoms with Gasteiger partial charge in [-0.25, -0.2) is 22.8 Å². The predicted molar refractivity (Wildman–Crippen MR) is 135 cm³/mol. The standard InChI is InChI=1S/C25H27N5O4S/c1-4-30-24-22(15-26-30)21(14-23(28-24)18-8-6-5-7-9-18)25(31)27-19-10-12-20(13-11-19)35(32,33)29-17(2)16-34-3/h5-15,17,29H,4,16H2,1-3H3,(H,27,31). The van der Waals surface area contributed by atoms with Crippen molar-refractivity contribution in [1.29, 1.82) is 0 Å². The number of nitrogens with one attached hydrogen (secondary N) is 2. The second kappa shape index (κ2) is 10.3. The number of benzene rings is 2. The number of ether oxygens (including phenoxy) is 1. The Labute approximate surface area is 204 Å². The summed E-state index contributed by atoms with van der Waals surface area (Å²) >= 11 is 0. The van der Waals surface area contributed by atoms with Crippen LogP contribution in [-0.4, -0.2) is 48.8 Å². The van der Waals surface area contributed by atoms with Crippen LogP contribution in [0.1, 0.15) is 24.2 Å². The minimum Gasteiger partial charge on any atom is -0.383 e. The van der Waals surface area contributed by atoms with E-state index >= 15 is 0 Å². The maximum absolute atomic E-state index is 13.3. The van der Waals surface area contributed by atoms with Crippen LogP contribution < -0.4 is 10.0 Å². The molecule has 0 fully saturated rings. The Bertz CT molecular complexity index is 1430. The Morgan fingerprint density at radius 1 is 1.11 bits per heavy atom. The summed E-state index contributed by atoms with van der Waals surface area (Å²) in [6.07, 6.45) is 1.64. The number of carbonyl (C=O) groups is 1. The summed E-state index contributed by atoms with van der Waals surface area (Å²) < 4.78 is 34.4. The highest BCUT2D eigenvalue weighted by molar-refractivity contribution is 7.89. The van der Waals surface area contributed by atoms with Gasteiger partial charge in [0.1, 0.15) is 0 Å². The molecule has 2 aromatic carbocycles. The molecule has 4 aromatic rings. The van der Waals surface area contributed by atoms with Crippen LogP contribution in [0.2, 0.25) is 0 Å². The molecule has 0 aliphatic carbocycles. The number of sulfonamides is 1. The van der Waals surface area contributed by atoms with Gasteiger partial charge < -0.3 is 10.1 Å². The highest BCUT2D eigenvalue weighted by Gasteiger charge is 2.19. The predicted octanol–water partition coefficient (Wildman–Crippen LogP) is 3.68. The van der Waals surface area contributed by atoms with Crippen LogP contribution in [-0.2, 0) is 21.3 Å². The average Bonchev–Trinajstić information content (AvgIpc) is 3.27. The van der Waals surface area contributed by atoms with Gasteiger partial charge >= 0.3 is 0 Å². The van der Waals surface area contributed by atoms with Gasteiger partial charge in [-0.15, -0.1) is 0 Å². The molecule has 0 saturated heterocycles. The first kappa shape index (κ1) is 24.5. The smallest absolute Gasteiger partial charge is 0.256 e. The van der Waals surface area contributed by atoms with Gasteiger partial charge in [0.05, 0.1) is 34.3 Å². The molecule has 0 aliphatic heterocycles. The van der Waals surface area contributed by atoms with E-state index in [1.807, 2.05) is 37.3 Å². The quantitative estimate of drug-likeness (QED) is 0.368. The van der Waals surface area contributed by atoms with E-state index in [2.05, 4.69) is 15.1 Å². The van der Waals surface area contributed by atoms with E-state index in [1.54, 1.807) is 36.0 Å². The Morgan fingerprint density at radius 2 is 1.83 bits per heavy atom. The van der Waals surface area contributed by atoms with Crippen molar-refractivity contribution in [3.05, 3.63) is 72.4 Å². The molecule has 1 amide bonds. The Hall–Kier alpha value is -3.60. The van der Waals surface area contributed by atoms with E-state index in [0.29, 0.717) is 34.5 Å². The second-order valence-corrected chi connectivity index (χ2v) is 9.79. The molecule has 182 valence electrons. The third-order valence-corrected chi connectivity index (χ3v) is 7.02. The minimum absolute atomic E-state index is 0.0975. The summed E-state index contributed by atoms with van der Waals surface area (Å²) in [7, 11) is -2.20. The third-order valence-electron chi connectivity index (χ3n) is 5.42. The molecule has 10 heteroatoms. The molecular formula is C25H27N5O4S. The van der Waals surface area contributed by atoms with E-state index in [-0.39, 0.29) is 23.5 Å². The molecule has 1 unspecified atom stereocenters. The highest BCUT2D eigenvalue weighted by atomic mass is 32.2. The Balaban J connectivity index is 1.62. The van der Waals surface area contributed by atoms with Crippen LogP contribution >= 0.6 is 0 Å². The molecule has 0 saturated carbocycles. The normalized spacial score (nSPS) is 12.5. The molecule has 2 N–H and O–H groups in total. The number of anilines is 1. The van der Waals surface area contributed by atoms with Crippen molar-refractivity contribution in [2.24, 2.45) is 0 Å². The minimum atomic E-state index is -3.71. The number of amides is 1. The summed E-state index contributed by atoms with van der Waals surface area (Å²) in [6, 6.07) is 17.0. The summed E-state index contributed by atoms with van der Waals surface area (Å²) in [5, 5.41) is 7.86. The summed E-state index contributed by atoms with van der Waals surface area (Å²) in [4.78, 5) is 18.1. The Kier molecular flexibility index (Phi) is 7.25. The van der Waals surface area contributed by atoms with Gasteiger partial charge in [-0.05, 0) is 44.2 Å². The second-order valence-electron chi connectivity index (χ2n) is 8.07. The number of aryl methyl sites for hydroxylation is 1. The number of methoxy groups -OCH3 is 1. The van der Waals surface area contributed by atoms with E-state index in [1.165, 1.54) is 19.2 Å². The first-order chi connectivity index (χ1) is 16.8. The number of pyridine rings is 1. The number of rotatable bonds is 9. The number of carbonyl (C=O) groups excluding carboxylic acids is 1. The van der Waals surface area contributed by atoms with Gasteiger partial charge in [0.2, 0.25) is 10.0 Å². The first-order valence-corrected chi connectivity index (χ1v) is 12.7. The molecule has 1 atom stereocenters. The van der Waals surface area contributed by atoms with Crippen molar-refractivity contribution in [3.63, 3.8) is 0 Å². The van der Waals surface area contributed by atoms with Crippen LogP contribution in [0.3, 0.4) is 0 Å². The van der Waals surface area contributed by atoms with E-state index < -0.39 is 10.0 Å². The number of aromatic nitrogens is 3. The fourth-order valence-electron chi connectivity index (χ4n) is 3.76. The molecule has 2 heterocycles. The van der Waals surface area contributed by atoms with Crippen molar-refractivity contribution in [2.45, 2.75) is 31.3 Å². The third kappa shape index (κ3) is 5.40. The van der Waals surface area contributed by atoms with Gasteiger partial charge in [-0.3, -0.25) is 4.79 Å². The van der Waals surface area contributed by atoms with Crippen molar-refractivity contribution in [3.8, 4) is 11.3 Å². The molecule has 9 nitrogen and oxygen atoms in total. The van der Waals surface area contributed by atoms with Crippen molar-refractivity contribution in [1.82, 2.24) is 19.5 Å². The fourth-order valence-corrected chi connectivity index (χ4v) is 4.98. The molecule has 35 heavy (non-hydrogen) atoms. The molecule has 0 spiro atoms. The molecule has 4 rings (SSSR count). The zero-order valence-electron chi connectivity index (χ0n) is 19.7. The molecular weight excluding hydrogens is 466 g/mol. The largest absolute Gasteiger partial charge is 0.383 e. The zero-order chi connectivity index (χ0) is 25.0. The number of fused-ring (bicyclic) bond motifs is 1. The van der Waals surface area contributed by atoms with Gasteiger partial charge in [-0.1, -0.05) is 30.3 Å². The van der Waals surface area contributed by atoms with E-state index in [0.717, 1.165) is 5.56 Å². The average molecular weight is 494 g/mol. The van der Waals surface area contributed by atoms with Crippen molar-refractivity contribution >= 4 is 32.7 Å². The number of hydrogen-bond donors (Lipinski definition) is 2. The summed E-state index contributed by atoms with van der Waals surface area (Å²) in [6.45, 7) is 4.55. The van der Waals surface area contributed by atoms with Gasteiger partial charge in [0.15, 0.2) is 5.65 Å². The summed E-state index contributed by atoms with van der Waals surface area (Å²) in [5.74, 6) is -0.340. The lowest BCUT2D eigenvalue weighted by Crippen LogP contribution is -2.35.